The third-order valence-electron chi connectivity index (χ3n) is 2.55. The van der Waals surface area contributed by atoms with Crippen LogP contribution < -0.4 is 5.32 Å². The molecule has 0 saturated carbocycles. The molecule has 14 heavy (non-hydrogen) atoms. The van der Waals surface area contributed by atoms with Gasteiger partial charge in [0.05, 0.1) is 11.1 Å². The Balaban J connectivity index is 2.03. The molecule has 3 nitrogen and oxygen atoms in total. The van der Waals surface area contributed by atoms with E-state index < -0.39 is 6.17 Å². The molecular weight excluding hydrogens is 205 g/mol. The van der Waals surface area contributed by atoms with Crippen molar-refractivity contribution in [3.63, 3.8) is 0 Å². The highest BCUT2D eigenvalue weighted by atomic mass is 35.5. The van der Waals surface area contributed by atoms with Crippen LogP contribution in [0.4, 0.5) is 4.39 Å². The topological polar surface area (TPSA) is 27.6 Å². The maximum atomic E-state index is 13.5. The van der Waals surface area contributed by atoms with Crippen molar-refractivity contribution in [2.24, 2.45) is 4.99 Å². The molecule has 0 aromatic heterocycles. The van der Waals surface area contributed by atoms with E-state index in [0.29, 0.717) is 18.2 Å². The molecule has 0 unspecified atom stereocenters. The molecule has 2 atom stereocenters. The standard InChI is InChI=1S/C9H13ClFN3/c10-7-3-13-6-14(5-7)9-1-2-12-4-8(9)11/h3,5,8-9,12H,1-2,4,6H2/t8-,9+/m0/s1. The highest BCUT2D eigenvalue weighted by Gasteiger charge is 2.29. The van der Waals surface area contributed by atoms with Gasteiger partial charge in [-0.25, -0.2) is 4.39 Å². The first-order chi connectivity index (χ1) is 6.77. The predicted molar refractivity (Wildman–Crippen MR) is 55.3 cm³/mol. The Hall–Kier alpha value is -0.610. The zero-order valence-electron chi connectivity index (χ0n) is 7.79. The minimum absolute atomic E-state index is 0.0811. The summed E-state index contributed by atoms with van der Waals surface area (Å²) in [7, 11) is 0. The minimum Gasteiger partial charge on any atom is -0.351 e. The summed E-state index contributed by atoms with van der Waals surface area (Å²) in [5, 5.41) is 3.59. The lowest BCUT2D eigenvalue weighted by atomic mass is 10.0. The molecule has 5 heteroatoms. The first-order valence-corrected chi connectivity index (χ1v) is 5.13. The number of halogens is 2. The molecule has 2 heterocycles. The van der Waals surface area contributed by atoms with Crippen LogP contribution in [-0.4, -0.2) is 43.1 Å². The van der Waals surface area contributed by atoms with E-state index in [1.807, 2.05) is 4.90 Å². The first kappa shape index (κ1) is 9.93. The van der Waals surface area contributed by atoms with Gasteiger partial charge in [0, 0.05) is 19.0 Å². The maximum absolute atomic E-state index is 13.5. The fourth-order valence-electron chi connectivity index (χ4n) is 1.84. The second-order valence-electron chi connectivity index (χ2n) is 3.56. The van der Waals surface area contributed by atoms with Gasteiger partial charge in [-0.3, -0.25) is 4.99 Å². The van der Waals surface area contributed by atoms with Crippen LogP contribution >= 0.6 is 11.6 Å². The zero-order chi connectivity index (χ0) is 9.97. The number of nitrogens with zero attached hydrogens (tertiary/aromatic N) is 2. The zero-order valence-corrected chi connectivity index (χ0v) is 8.54. The number of rotatable bonds is 1. The van der Waals surface area contributed by atoms with Crippen molar-refractivity contribution in [2.75, 3.05) is 19.8 Å². The van der Waals surface area contributed by atoms with Crippen molar-refractivity contribution in [3.8, 4) is 0 Å². The molecule has 1 fully saturated rings. The molecular formula is C9H13ClFN3. The maximum Gasteiger partial charge on any atom is 0.133 e. The molecule has 0 amide bonds. The lowest BCUT2D eigenvalue weighted by Crippen LogP contribution is -2.49. The molecule has 2 rings (SSSR count). The molecule has 0 aromatic carbocycles. The third kappa shape index (κ3) is 2.07. The van der Waals surface area contributed by atoms with Crippen molar-refractivity contribution >= 4 is 17.8 Å². The SMILES string of the molecule is F[C@H]1CNCC[C@H]1N1C=C(Cl)C=NC1. The largest absolute Gasteiger partial charge is 0.351 e. The molecule has 0 spiro atoms. The highest BCUT2D eigenvalue weighted by Crippen LogP contribution is 2.19. The van der Waals surface area contributed by atoms with Gasteiger partial charge in [0.2, 0.25) is 0 Å². The molecule has 0 bridgehead atoms. The number of hydrogen-bond acceptors (Lipinski definition) is 3. The van der Waals surface area contributed by atoms with E-state index in [1.54, 1.807) is 12.4 Å². The summed E-state index contributed by atoms with van der Waals surface area (Å²) < 4.78 is 13.5. The summed E-state index contributed by atoms with van der Waals surface area (Å²) in [5.74, 6) is 0. The van der Waals surface area contributed by atoms with Gasteiger partial charge in [-0.15, -0.1) is 0 Å². The Bertz CT molecular complexity index is 267. The molecule has 78 valence electrons. The van der Waals surface area contributed by atoms with Crippen molar-refractivity contribution in [3.05, 3.63) is 11.2 Å². The van der Waals surface area contributed by atoms with Crippen LogP contribution in [0.25, 0.3) is 0 Å². The summed E-state index contributed by atoms with van der Waals surface area (Å²) >= 11 is 5.81. The molecule has 0 aliphatic carbocycles. The van der Waals surface area contributed by atoms with Gasteiger partial charge in [-0.05, 0) is 13.0 Å². The quantitative estimate of drug-likeness (QED) is 0.713. The van der Waals surface area contributed by atoms with E-state index in [-0.39, 0.29) is 6.04 Å². The van der Waals surface area contributed by atoms with E-state index in [4.69, 9.17) is 11.6 Å². The predicted octanol–water partition coefficient (Wildman–Crippen LogP) is 1.11. The molecule has 1 N–H and O–H groups in total. The first-order valence-electron chi connectivity index (χ1n) is 4.75. The number of allylic oxidation sites excluding steroid dienone is 1. The highest BCUT2D eigenvalue weighted by molar-refractivity contribution is 6.39. The Labute approximate surface area is 87.6 Å². The second-order valence-corrected chi connectivity index (χ2v) is 3.99. The van der Waals surface area contributed by atoms with Crippen LogP contribution in [0.3, 0.4) is 0 Å². The van der Waals surface area contributed by atoms with E-state index >= 15 is 0 Å². The molecule has 0 radical (unpaired) electrons. The van der Waals surface area contributed by atoms with Gasteiger partial charge >= 0.3 is 0 Å². The van der Waals surface area contributed by atoms with E-state index in [2.05, 4.69) is 10.3 Å². The summed E-state index contributed by atoms with van der Waals surface area (Å²) in [6, 6.07) is -0.0811. The van der Waals surface area contributed by atoms with Crippen LogP contribution in [-0.2, 0) is 0 Å². The lowest BCUT2D eigenvalue weighted by Gasteiger charge is -2.36. The second kappa shape index (κ2) is 4.28. The van der Waals surface area contributed by atoms with Crippen molar-refractivity contribution in [2.45, 2.75) is 18.6 Å². The number of nitrogens with one attached hydrogen (secondary N) is 1. The minimum atomic E-state index is -0.835. The van der Waals surface area contributed by atoms with Crippen LogP contribution in [0.1, 0.15) is 6.42 Å². The van der Waals surface area contributed by atoms with Crippen LogP contribution in [0.2, 0.25) is 0 Å². The summed E-state index contributed by atoms with van der Waals surface area (Å²) in [6.07, 6.45) is 3.35. The van der Waals surface area contributed by atoms with Gasteiger partial charge in [-0.1, -0.05) is 11.6 Å². The third-order valence-corrected chi connectivity index (χ3v) is 2.74. The van der Waals surface area contributed by atoms with Crippen LogP contribution in [0.15, 0.2) is 16.2 Å². The van der Waals surface area contributed by atoms with Crippen molar-refractivity contribution in [1.82, 2.24) is 10.2 Å². The van der Waals surface area contributed by atoms with Crippen LogP contribution in [0, 0.1) is 0 Å². The molecule has 2 aliphatic rings. The van der Waals surface area contributed by atoms with Gasteiger partial charge in [-0.2, -0.15) is 0 Å². The monoisotopic (exact) mass is 217 g/mol. The van der Waals surface area contributed by atoms with Crippen molar-refractivity contribution < 1.29 is 4.39 Å². The Morgan fingerprint density at radius 1 is 1.64 bits per heavy atom. The van der Waals surface area contributed by atoms with E-state index in [1.165, 1.54) is 0 Å². The normalized spacial score (nSPS) is 33.0. The Kier molecular flexibility index (Phi) is 3.03. The average Bonchev–Trinajstić information content (AvgIpc) is 2.18. The fraction of sp³-hybridized carbons (Fsp3) is 0.667. The lowest BCUT2D eigenvalue weighted by molar-refractivity contribution is 0.122. The smallest absolute Gasteiger partial charge is 0.133 e. The average molecular weight is 218 g/mol. The van der Waals surface area contributed by atoms with Gasteiger partial charge in [0.15, 0.2) is 0 Å². The Morgan fingerprint density at radius 3 is 3.21 bits per heavy atom. The fourth-order valence-corrected chi connectivity index (χ4v) is 2.03. The van der Waals surface area contributed by atoms with Crippen LogP contribution in [0.5, 0.6) is 0 Å². The van der Waals surface area contributed by atoms with Gasteiger partial charge in [0.25, 0.3) is 0 Å². The number of alkyl halides is 1. The number of piperidine rings is 1. The van der Waals surface area contributed by atoms with Gasteiger partial charge in [0.1, 0.15) is 12.8 Å². The molecule has 0 aromatic rings. The summed E-state index contributed by atoms with van der Waals surface area (Å²) in [6.45, 7) is 1.80. The Morgan fingerprint density at radius 2 is 2.50 bits per heavy atom. The molecule has 1 saturated heterocycles. The van der Waals surface area contributed by atoms with Crippen molar-refractivity contribution in [1.29, 1.82) is 0 Å². The summed E-state index contributed by atoms with van der Waals surface area (Å²) in [5.41, 5.74) is 0. The number of hydrogen-bond donors (Lipinski definition) is 1. The number of aliphatic imine (C=N–C) groups is 1. The summed E-state index contributed by atoms with van der Waals surface area (Å²) in [4.78, 5) is 5.95. The van der Waals surface area contributed by atoms with E-state index in [9.17, 15) is 4.39 Å². The van der Waals surface area contributed by atoms with E-state index in [0.717, 1.165) is 13.0 Å². The van der Waals surface area contributed by atoms with Gasteiger partial charge < -0.3 is 10.2 Å². The molecule has 2 aliphatic heterocycles.